The second kappa shape index (κ2) is 11.6. The van der Waals surface area contributed by atoms with Crippen LogP contribution in [0.4, 0.5) is 0 Å². The first-order valence-corrected chi connectivity index (χ1v) is 17.4. The fraction of sp³-hybridized carbons (Fsp3) is 0. The van der Waals surface area contributed by atoms with Gasteiger partial charge in [0.05, 0.1) is 0 Å². The Bertz CT molecular complexity index is 2860. The molecule has 0 aliphatic rings. The third-order valence-corrected chi connectivity index (χ3v) is 10.4. The first kappa shape index (κ1) is 28.5. The van der Waals surface area contributed by atoms with Crippen LogP contribution in [0.2, 0.25) is 0 Å². The van der Waals surface area contributed by atoms with Crippen molar-refractivity contribution in [2.24, 2.45) is 0 Å². The standard InChI is InChI=1S/C50H32/c1-2-15-35(16-3-1)48-41(29-30-42-40-20-7-6-14-34(40)27-28-47(42)48)37-18-12-19-38(32-37)49-43-21-8-10-23-45(43)50(46-24-11-9-22-44(46)49)39-26-25-33-13-4-5-17-36(33)31-39/h1-32H. The summed E-state index contributed by atoms with van der Waals surface area (Å²) in [5, 5.41) is 12.7. The molecule has 0 amide bonds. The number of hydrogen-bond donors (Lipinski definition) is 0. The van der Waals surface area contributed by atoms with Gasteiger partial charge in [-0.15, -0.1) is 0 Å². The van der Waals surface area contributed by atoms with E-state index in [1.54, 1.807) is 0 Å². The van der Waals surface area contributed by atoms with Gasteiger partial charge < -0.3 is 0 Å². The Hall–Kier alpha value is -6.50. The van der Waals surface area contributed by atoms with Gasteiger partial charge in [0.2, 0.25) is 0 Å². The third kappa shape index (κ3) is 4.54. The molecule has 0 nitrogen and oxygen atoms in total. The molecule has 0 spiro atoms. The second-order valence-electron chi connectivity index (χ2n) is 13.2. The fourth-order valence-corrected chi connectivity index (χ4v) is 8.18. The molecule has 10 aromatic rings. The highest BCUT2D eigenvalue weighted by Gasteiger charge is 2.19. The van der Waals surface area contributed by atoms with Crippen LogP contribution in [0.25, 0.3) is 98.4 Å². The highest BCUT2D eigenvalue weighted by molar-refractivity contribution is 6.22. The van der Waals surface area contributed by atoms with Crippen molar-refractivity contribution in [3.05, 3.63) is 194 Å². The van der Waals surface area contributed by atoms with Crippen LogP contribution < -0.4 is 0 Å². The zero-order chi connectivity index (χ0) is 33.0. The summed E-state index contributed by atoms with van der Waals surface area (Å²) in [4.78, 5) is 0. The predicted molar refractivity (Wildman–Crippen MR) is 216 cm³/mol. The Kier molecular flexibility index (Phi) is 6.60. The van der Waals surface area contributed by atoms with Crippen LogP contribution in [0, 0.1) is 0 Å². The summed E-state index contributed by atoms with van der Waals surface area (Å²) in [5.74, 6) is 0. The molecule has 0 saturated heterocycles. The molecule has 0 saturated carbocycles. The lowest BCUT2D eigenvalue weighted by atomic mass is 9.84. The molecule has 50 heavy (non-hydrogen) atoms. The molecule has 0 aliphatic heterocycles. The van der Waals surface area contributed by atoms with Gasteiger partial charge in [-0.2, -0.15) is 0 Å². The van der Waals surface area contributed by atoms with Crippen molar-refractivity contribution in [2.75, 3.05) is 0 Å². The van der Waals surface area contributed by atoms with E-state index in [0.29, 0.717) is 0 Å². The van der Waals surface area contributed by atoms with Crippen molar-refractivity contribution >= 4 is 53.9 Å². The molecule has 0 radical (unpaired) electrons. The summed E-state index contributed by atoms with van der Waals surface area (Å²) in [7, 11) is 0. The third-order valence-electron chi connectivity index (χ3n) is 10.4. The number of hydrogen-bond acceptors (Lipinski definition) is 0. The lowest BCUT2D eigenvalue weighted by Gasteiger charge is -2.19. The van der Waals surface area contributed by atoms with E-state index < -0.39 is 0 Å². The van der Waals surface area contributed by atoms with Gasteiger partial charge in [0.25, 0.3) is 0 Å². The van der Waals surface area contributed by atoms with Crippen LogP contribution >= 0.6 is 0 Å². The van der Waals surface area contributed by atoms with Crippen LogP contribution in [0.1, 0.15) is 0 Å². The first-order chi connectivity index (χ1) is 24.8. The monoisotopic (exact) mass is 632 g/mol. The van der Waals surface area contributed by atoms with Crippen LogP contribution in [-0.2, 0) is 0 Å². The zero-order valence-corrected chi connectivity index (χ0v) is 27.5. The normalized spacial score (nSPS) is 11.6. The predicted octanol–water partition coefficient (Wildman–Crippen LogP) is 14.1. The van der Waals surface area contributed by atoms with Crippen molar-refractivity contribution in [3.63, 3.8) is 0 Å². The molecule has 0 aliphatic carbocycles. The van der Waals surface area contributed by atoms with Crippen molar-refractivity contribution in [2.45, 2.75) is 0 Å². The van der Waals surface area contributed by atoms with Gasteiger partial charge in [-0.1, -0.05) is 182 Å². The Balaban J connectivity index is 1.23. The number of benzene rings is 10. The van der Waals surface area contributed by atoms with E-state index in [0.717, 1.165) is 0 Å². The van der Waals surface area contributed by atoms with E-state index in [4.69, 9.17) is 0 Å². The van der Waals surface area contributed by atoms with E-state index in [9.17, 15) is 0 Å². The molecule has 0 fully saturated rings. The van der Waals surface area contributed by atoms with Crippen LogP contribution in [0.5, 0.6) is 0 Å². The van der Waals surface area contributed by atoms with E-state index in [1.165, 1.54) is 98.4 Å². The van der Waals surface area contributed by atoms with Gasteiger partial charge in [0, 0.05) is 0 Å². The maximum Gasteiger partial charge on any atom is -0.00262 e. The second-order valence-corrected chi connectivity index (χ2v) is 13.2. The molecule has 0 N–H and O–H groups in total. The Labute approximate surface area is 291 Å². The van der Waals surface area contributed by atoms with Crippen molar-refractivity contribution in [1.29, 1.82) is 0 Å². The van der Waals surface area contributed by atoms with E-state index in [2.05, 4.69) is 194 Å². The lowest BCUT2D eigenvalue weighted by Crippen LogP contribution is -1.92. The van der Waals surface area contributed by atoms with Gasteiger partial charge in [-0.25, -0.2) is 0 Å². The lowest BCUT2D eigenvalue weighted by molar-refractivity contribution is 1.60. The topological polar surface area (TPSA) is 0 Å². The zero-order valence-electron chi connectivity index (χ0n) is 27.5. The van der Waals surface area contributed by atoms with Gasteiger partial charge in [-0.05, 0) is 111 Å². The molecule has 0 aromatic heterocycles. The summed E-state index contributed by atoms with van der Waals surface area (Å²) >= 11 is 0. The van der Waals surface area contributed by atoms with Crippen LogP contribution in [-0.4, -0.2) is 0 Å². The smallest absolute Gasteiger partial charge is 0.00262 e. The number of rotatable bonds is 4. The van der Waals surface area contributed by atoms with Crippen molar-refractivity contribution < 1.29 is 0 Å². The van der Waals surface area contributed by atoms with Crippen LogP contribution in [0.15, 0.2) is 194 Å². The molecule has 0 heteroatoms. The molecular weight excluding hydrogens is 601 g/mol. The summed E-state index contributed by atoms with van der Waals surface area (Å²) in [5.41, 5.74) is 9.97. The van der Waals surface area contributed by atoms with Crippen molar-refractivity contribution in [1.82, 2.24) is 0 Å². The summed E-state index contributed by atoms with van der Waals surface area (Å²) in [6.45, 7) is 0. The molecular formula is C50H32. The molecule has 10 aromatic carbocycles. The Morgan fingerprint density at radius 1 is 0.200 bits per heavy atom. The molecule has 0 atom stereocenters. The first-order valence-electron chi connectivity index (χ1n) is 17.4. The van der Waals surface area contributed by atoms with E-state index in [1.807, 2.05) is 0 Å². The van der Waals surface area contributed by atoms with E-state index in [-0.39, 0.29) is 0 Å². The van der Waals surface area contributed by atoms with Crippen molar-refractivity contribution in [3.8, 4) is 44.5 Å². The summed E-state index contributed by atoms with van der Waals surface area (Å²) in [6.07, 6.45) is 0. The Morgan fingerprint density at radius 3 is 1.38 bits per heavy atom. The largest absolute Gasteiger partial charge is 0.0622 e. The highest BCUT2D eigenvalue weighted by Crippen LogP contribution is 2.46. The average molecular weight is 633 g/mol. The highest BCUT2D eigenvalue weighted by atomic mass is 14.2. The minimum atomic E-state index is 1.21. The summed E-state index contributed by atoms with van der Waals surface area (Å²) in [6, 6.07) is 71.3. The average Bonchev–Trinajstić information content (AvgIpc) is 3.19. The van der Waals surface area contributed by atoms with Gasteiger partial charge in [0.1, 0.15) is 0 Å². The van der Waals surface area contributed by atoms with Gasteiger partial charge >= 0.3 is 0 Å². The van der Waals surface area contributed by atoms with E-state index >= 15 is 0 Å². The molecule has 10 rings (SSSR count). The maximum absolute atomic E-state index is 2.40. The van der Waals surface area contributed by atoms with Gasteiger partial charge in [0.15, 0.2) is 0 Å². The summed E-state index contributed by atoms with van der Waals surface area (Å²) < 4.78 is 0. The van der Waals surface area contributed by atoms with Crippen LogP contribution in [0.3, 0.4) is 0 Å². The molecule has 0 bridgehead atoms. The number of fused-ring (bicyclic) bond motifs is 6. The fourth-order valence-electron chi connectivity index (χ4n) is 8.18. The van der Waals surface area contributed by atoms with Gasteiger partial charge in [-0.3, -0.25) is 0 Å². The molecule has 0 unspecified atom stereocenters. The molecule has 0 heterocycles. The SMILES string of the molecule is c1ccc(-c2c(-c3cccc(-c4c5ccccc5c(-c5ccc6ccccc6c5)c5ccccc45)c3)ccc3c2ccc2ccccc23)cc1. The quantitative estimate of drug-likeness (QED) is 0.134. The minimum Gasteiger partial charge on any atom is -0.0622 e. The maximum atomic E-state index is 2.40. The minimum absolute atomic E-state index is 1.21. The molecule has 232 valence electrons. The Morgan fingerprint density at radius 2 is 0.680 bits per heavy atom.